The molecule has 1 N–H and O–H groups in total. The lowest BCUT2D eigenvalue weighted by molar-refractivity contribution is -0.144. The third kappa shape index (κ3) is 8.96. The van der Waals surface area contributed by atoms with Gasteiger partial charge in [-0.25, -0.2) is 4.99 Å². The van der Waals surface area contributed by atoms with Gasteiger partial charge in [0, 0.05) is 37.0 Å². The third-order valence-electron chi connectivity index (χ3n) is 9.33. The number of carbonyl (C=O) groups excluding carboxylic acids is 2. The Morgan fingerprint density at radius 1 is 1.11 bits per heavy atom. The molecule has 5 rings (SSSR count). The van der Waals surface area contributed by atoms with Crippen molar-refractivity contribution in [2.45, 2.75) is 102 Å². The van der Waals surface area contributed by atoms with Gasteiger partial charge in [0.2, 0.25) is 5.91 Å². The SMILES string of the molecule is CC(C)N[C@H](CCCCN1CCCCC1)C(=O)N1CCN(C2=NC(C)C(c3cccc(C#N)c3)O2)C[C@H]1C(=O)CCc1cccs1. The van der Waals surface area contributed by atoms with Gasteiger partial charge in [-0.05, 0) is 87.8 Å². The third-order valence-corrected chi connectivity index (χ3v) is 10.3. The van der Waals surface area contributed by atoms with Gasteiger partial charge in [-0.2, -0.15) is 5.26 Å². The van der Waals surface area contributed by atoms with E-state index in [1.54, 1.807) is 17.4 Å². The van der Waals surface area contributed by atoms with Crippen molar-refractivity contribution in [3.63, 3.8) is 0 Å². The number of nitrogens with zero attached hydrogens (tertiary/aromatic N) is 5. The molecule has 2 fully saturated rings. The molecule has 1 amide bonds. The number of amides is 1. The molecule has 248 valence electrons. The lowest BCUT2D eigenvalue weighted by Crippen LogP contribution is -2.62. The normalized spacial score (nSPS) is 22.8. The standard InChI is InChI=1S/C36H50N6O3S/c1-26(2)38-31(14-5-8-19-40-17-6-4-7-18-40)35(44)42-21-20-41(25-32(42)33(43)16-15-30-13-10-22-46-30)36-39-27(3)34(45-36)29-12-9-11-28(23-29)24-37/h9-13,22-23,26-27,31-32,34,38H,4-8,14-21,25H2,1-3H3/t27?,31-,32+,34?/m1/s1. The van der Waals surface area contributed by atoms with Gasteiger partial charge in [0.1, 0.15) is 12.1 Å². The minimum absolute atomic E-state index is 0.0228. The number of aryl methyl sites for hydroxylation is 1. The summed E-state index contributed by atoms with van der Waals surface area (Å²) in [6, 6.07) is 13.4. The first kappa shape index (κ1) is 34.1. The average molecular weight is 647 g/mol. The number of likely N-dealkylation sites (tertiary alicyclic amines) is 1. The largest absolute Gasteiger partial charge is 0.455 e. The number of hydrogen-bond donors (Lipinski definition) is 1. The second-order valence-corrected chi connectivity index (χ2v) is 14.3. The molecule has 2 aromatic rings. The van der Waals surface area contributed by atoms with Crippen molar-refractivity contribution in [1.29, 1.82) is 5.26 Å². The number of amidine groups is 1. The van der Waals surface area contributed by atoms with Crippen LogP contribution < -0.4 is 5.32 Å². The molecule has 1 aromatic heterocycles. The fourth-order valence-electron chi connectivity index (χ4n) is 6.88. The van der Waals surface area contributed by atoms with E-state index in [0.29, 0.717) is 44.1 Å². The molecule has 10 heteroatoms. The van der Waals surface area contributed by atoms with E-state index in [4.69, 9.17) is 9.73 Å². The molecule has 9 nitrogen and oxygen atoms in total. The van der Waals surface area contributed by atoms with Crippen molar-refractivity contribution < 1.29 is 14.3 Å². The summed E-state index contributed by atoms with van der Waals surface area (Å²) in [5.74, 6) is 0.0967. The molecule has 0 radical (unpaired) electrons. The first-order valence-electron chi connectivity index (χ1n) is 17.2. The fraction of sp³-hybridized carbons (Fsp3) is 0.611. The second kappa shape index (κ2) is 16.5. The molecule has 2 unspecified atom stereocenters. The summed E-state index contributed by atoms with van der Waals surface area (Å²) >= 11 is 1.66. The number of piperazine rings is 1. The number of nitrogens with one attached hydrogen (secondary N) is 1. The van der Waals surface area contributed by atoms with Crippen LogP contribution in [0.1, 0.15) is 87.8 Å². The number of aliphatic imine (C=N–C) groups is 1. The summed E-state index contributed by atoms with van der Waals surface area (Å²) in [4.78, 5) is 40.6. The van der Waals surface area contributed by atoms with Crippen LogP contribution in [0.3, 0.4) is 0 Å². The van der Waals surface area contributed by atoms with E-state index in [1.165, 1.54) is 37.2 Å². The Balaban J connectivity index is 1.27. The predicted octanol–water partition coefficient (Wildman–Crippen LogP) is 5.17. The van der Waals surface area contributed by atoms with Crippen LogP contribution in [0.5, 0.6) is 0 Å². The highest BCUT2D eigenvalue weighted by Gasteiger charge is 2.41. The Labute approximate surface area is 278 Å². The average Bonchev–Trinajstić information content (AvgIpc) is 3.74. The molecule has 0 aliphatic carbocycles. The molecule has 0 bridgehead atoms. The number of unbranched alkanes of at least 4 members (excludes halogenated alkanes) is 1. The molecule has 3 aliphatic rings. The molecular formula is C36H50N6O3S. The van der Waals surface area contributed by atoms with Gasteiger partial charge in [0.05, 0.1) is 23.7 Å². The van der Waals surface area contributed by atoms with E-state index in [-0.39, 0.29) is 35.9 Å². The monoisotopic (exact) mass is 646 g/mol. The summed E-state index contributed by atoms with van der Waals surface area (Å²) in [7, 11) is 0. The van der Waals surface area contributed by atoms with Gasteiger partial charge in [-0.15, -0.1) is 11.3 Å². The van der Waals surface area contributed by atoms with Crippen molar-refractivity contribution in [3.8, 4) is 6.07 Å². The van der Waals surface area contributed by atoms with E-state index >= 15 is 0 Å². The highest BCUT2D eigenvalue weighted by atomic mass is 32.1. The molecule has 46 heavy (non-hydrogen) atoms. The van der Waals surface area contributed by atoms with E-state index in [0.717, 1.165) is 31.4 Å². The van der Waals surface area contributed by atoms with Gasteiger partial charge in [-0.3, -0.25) is 9.59 Å². The Kier molecular flexibility index (Phi) is 12.2. The highest BCUT2D eigenvalue weighted by Crippen LogP contribution is 2.31. The number of carbonyl (C=O) groups is 2. The molecule has 0 spiro atoms. The molecule has 2 saturated heterocycles. The minimum atomic E-state index is -0.575. The smallest absolute Gasteiger partial charge is 0.288 e. The van der Waals surface area contributed by atoms with Crippen molar-refractivity contribution in [3.05, 3.63) is 57.8 Å². The van der Waals surface area contributed by atoms with E-state index in [9.17, 15) is 14.9 Å². The van der Waals surface area contributed by atoms with Crippen LogP contribution in [0.4, 0.5) is 0 Å². The minimum Gasteiger partial charge on any atom is -0.455 e. The molecule has 1 aromatic carbocycles. The summed E-state index contributed by atoms with van der Waals surface area (Å²) in [6.07, 6.45) is 7.47. The van der Waals surface area contributed by atoms with Crippen molar-refractivity contribution in [1.82, 2.24) is 20.0 Å². The van der Waals surface area contributed by atoms with Crippen LogP contribution in [0.15, 0.2) is 46.8 Å². The number of piperidine rings is 1. The van der Waals surface area contributed by atoms with Crippen LogP contribution in [0, 0.1) is 11.3 Å². The quantitative estimate of drug-likeness (QED) is 0.300. The maximum atomic E-state index is 14.3. The first-order chi connectivity index (χ1) is 22.3. The van der Waals surface area contributed by atoms with E-state index in [1.807, 2.05) is 46.4 Å². The van der Waals surface area contributed by atoms with Gasteiger partial charge in [0.25, 0.3) is 6.02 Å². The molecule has 4 atom stereocenters. The number of rotatable bonds is 13. The zero-order valence-electron chi connectivity index (χ0n) is 27.7. The van der Waals surface area contributed by atoms with Crippen LogP contribution in [-0.4, -0.2) is 95.8 Å². The fourth-order valence-corrected chi connectivity index (χ4v) is 7.59. The number of hydrogen-bond acceptors (Lipinski definition) is 9. The van der Waals surface area contributed by atoms with Gasteiger partial charge in [-0.1, -0.05) is 44.9 Å². The molecule has 4 heterocycles. The number of ether oxygens (including phenoxy) is 1. The first-order valence-corrected chi connectivity index (χ1v) is 18.0. The Morgan fingerprint density at radius 3 is 2.67 bits per heavy atom. The van der Waals surface area contributed by atoms with Crippen LogP contribution in [-0.2, 0) is 20.7 Å². The lowest BCUT2D eigenvalue weighted by atomic mass is 9.99. The van der Waals surface area contributed by atoms with Crippen molar-refractivity contribution >= 4 is 29.0 Å². The maximum Gasteiger partial charge on any atom is 0.288 e. The predicted molar refractivity (Wildman–Crippen MR) is 183 cm³/mol. The number of thiophene rings is 1. The summed E-state index contributed by atoms with van der Waals surface area (Å²) in [6.45, 7) is 11.0. The van der Waals surface area contributed by atoms with Crippen molar-refractivity contribution in [2.75, 3.05) is 39.3 Å². The Bertz CT molecular complexity index is 1370. The topological polar surface area (TPSA) is 101 Å². The van der Waals surface area contributed by atoms with Crippen LogP contribution >= 0.6 is 11.3 Å². The van der Waals surface area contributed by atoms with Crippen molar-refractivity contribution in [2.24, 2.45) is 4.99 Å². The highest BCUT2D eigenvalue weighted by molar-refractivity contribution is 7.09. The van der Waals surface area contributed by atoms with Gasteiger partial charge >= 0.3 is 0 Å². The maximum absolute atomic E-state index is 14.3. The number of ketones is 1. The van der Waals surface area contributed by atoms with E-state index in [2.05, 4.69) is 36.2 Å². The summed E-state index contributed by atoms with van der Waals surface area (Å²) in [5.41, 5.74) is 1.49. The molecule has 0 saturated carbocycles. The molecular weight excluding hydrogens is 597 g/mol. The second-order valence-electron chi connectivity index (χ2n) is 13.2. The number of nitriles is 1. The number of benzene rings is 1. The zero-order chi connectivity index (χ0) is 32.5. The zero-order valence-corrected chi connectivity index (χ0v) is 28.5. The van der Waals surface area contributed by atoms with Crippen LogP contribution in [0.2, 0.25) is 0 Å². The Hall–Kier alpha value is -3.26. The lowest BCUT2D eigenvalue weighted by Gasteiger charge is -2.42. The Morgan fingerprint density at radius 2 is 1.93 bits per heavy atom. The van der Waals surface area contributed by atoms with Gasteiger partial charge in [0.15, 0.2) is 5.78 Å². The summed E-state index contributed by atoms with van der Waals surface area (Å²) in [5, 5.41) is 15.0. The number of Topliss-reactive ketones (excluding diaryl/α,β-unsaturated/α-hetero) is 1. The van der Waals surface area contributed by atoms with Crippen LogP contribution in [0.25, 0.3) is 0 Å². The molecule has 3 aliphatic heterocycles. The van der Waals surface area contributed by atoms with E-state index < -0.39 is 6.04 Å². The summed E-state index contributed by atoms with van der Waals surface area (Å²) < 4.78 is 6.39. The van der Waals surface area contributed by atoms with Gasteiger partial charge < -0.3 is 24.8 Å².